The van der Waals surface area contributed by atoms with E-state index in [4.69, 9.17) is 9.47 Å². The second-order valence-electron chi connectivity index (χ2n) is 9.45. The quantitative estimate of drug-likeness (QED) is 0.518. The number of carbonyl (C=O) groups excluding carboxylic acids is 2. The van der Waals surface area contributed by atoms with Gasteiger partial charge >= 0.3 is 0 Å². The number of hydrogen-bond acceptors (Lipinski definition) is 7. The van der Waals surface area contributed by atoms with Crippen LogP contribution < -0.4 is 20.1 Å². The molecule has 4 aliphatic heterocycles. The number of pyridine rings is 1. The van der Waals surface area contributed by atoms with Gasteiger partial charge < -0.3 is 24.4 Å². The Morgan fingerprint density at radius 3 is 2.71 bits per heavy atom. The van der Waals surface area contributed by atoms with Crippen LogP contribution in [0.15, 0.2) is 47.4 Å². The van der Waals surface area contributed by atoms with Gasteiger partial charge in [0.1, 0.15) is 18.0 Å². The Morgan fingerprint density at radius 2 is 1.87 bits per heavy atom. The van der Waals surface area contributed by atoms with Gasteiger partial charge in [-0.15, -0.1) is 0 Å². The van der Waals surface area contributed by atoms with E-state index in [9.17, 15) is 23.9 Å². The monoisotopic (exact) mass is 522 g/mol. The highest BCUT2D eigenvalue weighted by Crippen LogP contribution is 2.48. The van der Waals surface area contributed by atoms with Crippen LogP contribution >= 0.6 is 0 Å². The minimum atomic E-state index is -1.09. The standard InChI is InChI=1S/C26H20F2N4O6/c27-16-5-4-13-15(21(16)28)10-30-20(34)12-38-18-3-1-2-14(23(18)30)22(13)32-19-11-37-9-8-29(19)26(36)24-25(35)17(33)6-7-31(24)32/h1-7,19,22,35H,8-12H2. The number of halogens is 2. The topological polar surface area (TPSA) is 105 Å². The average Bonchev–Trinajstić information content (AvgIpc) is 3.07. The number of hydrogen-bond donors (Lipinski definition) is 1. The second kappa shape index (κ2) is 8.02. The maximum Gasteiger partial charge on any atom is 0.278 e. The molecule has 2 aromatic carbocycles. The van der Waals surface area contributed by atoms with Crippen LogP contribution in [0.5, 0.6) is 11.5 Å². The lowest BCUT2D eigenvalue weighted by atomic mass is 9.92. The number of nitrogens with zero attached hydrogens (tertiary/aromatic N) is 4. The summed E-state index contributed by atoms with van der Waals surface area (Å²) >= 11 is 0. The molecule has 2 unspecified atom stereocenters. The number of carbonyl (C=O) groups is 2. The molecular weight excluding hydrogens is 502 g/mol. The molecule has 1 saturated heterocycles. The summed E-state index contributed by atoms with van der Waals surface area (Å²) in [6.07, 6.45) is 0.625. The fraction of sp³-hybridized carbons (Fsp3) is 0.269. The van der Waals surface area contributed by atoms with E-state index >= 15 is 4.39 Å². The third-order valence-corrected chi connectivity index (χ3v) is 7.53. The largest absolute Gasteiger partial charge is 0.502 e. The van der Waals surface area contributed by atoms with Crippen molar-refractivity contribution in [1.29, 1.82) is 0 Å². The Labute approximate surface area is 213 Å². The lowest BCUT2D eigenvalue weighted by molar-refractivity contribution is -0.121. The van der Waals surface area contributed by atoms with Gasteiger partial charge in [-0.05, 0) is 17.7 Å². The first-order valence-electron chi connectivity index (χ1n) is 12.0. The first kappa shape index (κ1) is 22.7. The van der Waals surface area contributed by atoms with Crippen LogP contribution in [-0.2, 0) is 16.1 Å². The maximum absolute atomic E-state index is 15.5. The van der Waals surface area contributed by atoms with E-state index in [2.05, 4.69) is 0 Å². The zero-order valence-electron chi connectivity index (χ0n) is 19.8. The van der Waals surface area contributed by atoms with Gasteiger partial charge in [0.05, 0.1) is 25.4 Å². The van der Waals surface area contributed by atoms with Gasteiger partial charge in [-0.1, -0.05) is 18.2 Å². The number of para-hydroxylation sites is 1. The molecule has 0 spiro atoms. The first-order valence-corrected chi connectivity index (χ1v) is 12.0. The van der Waals surface area contributed by atoms with E-state index < -0.39 is 46.8 Å². The molecule has 1 fully saturated rings. The van der Waals surface area contributed by atoms with E-state index in [1.807, 2.05) is 0 Å². The summed E-state index contributed by atoms with van der Waals surface area (Å²) in [5.74, 6) is -3.45. The maximum atomic E-state index is 15.5. The van der Waals surface area contributed by atoms with E-state index in [-0.39, 0.29) is 44.2 Å². The SMILES string of the molecule is O=C1COc2cccc3c2N1Cc1c(ccc(F)c1F)C3N1C2COCCN2C(=O)c2c(O)c(=O)ccn21. The molecule has 0 aliphatic carbocycles. The van der Waals surface area contributed by atoms with Gasteiger partial charge in [0.2, 0.25) is 5.43 Å². The van der Waals surface area contributed by atoms with E-state index in [0.29, 0.717) is 22.6 Å². The zero-order valence-corrected chi connectivity index (χ0v) is 19.8. The highest BCUT2D eigenvalue weighted by Gasteiger charge is 2.47. The lowest BCUT2D eigenvalue weighted by Gasteiger charge is -2.51. The lowest BCUT2D eigenvalue weighted by Crippen LogP contribution is -2.66. The fourth-order valence-corrected chi connectivity index (χ4v) is 5.84. The normalized spacial score (nSPS) is 21.7. The van der Waals surface area contributed by atoms with Crippen molar-refractivity contribution in [2.75, 3.05) is 36.3 Å². The van der Waals surface area contributed by atoms with Crippen LogP contribution in [0.25, 0.3) is 0 Å². The van der Waals surface area contributed by atoms with Crippen LogP contribution in [0.3, 0.4) is 0 Å². The molecule has 4 aliphatic rings. The van der Waals surface area contributed by atoms with Crippen LogP contribution in [0, 0.1) is 11.6 Å². The van der Waals surface area contributed by atoms with E-state index in [0.717, 1.165) is 12.1 Å². The summed E-state index contributed by atoms with van der Waals surface area (Å²) in [4.78, 5) is 41.7. The van der Waals surface area contributed by atoms with Crippen molar-refractivity contribution in [3.05, 3.63) is 86.8 Å². The van der Waals surface area contributed by atoms with Crippen LogP contribution in [0.1, 0.15) is 33.2 Å². The van der Waals surface area contributed by atoms with Crippen molar-refractivity contribution in [2.24, 2.45) is 0 Å². The van der Waals surface area contributed by atoms with Crippen LogP contribution in [0.2, 0.25) is 0 Å². The smallest absolute Gasteiger partial charge is 0.278 e. The van der Waals surface area contributed by atoms with Crippen LogP contribution in [-0.4, -0.2) is 59.0 Å². The van der Waals surface area contributed by atoms with Crippen molar-refractivity contribution < 1.29 is 33.0 Å². The third kappa shape index (κ3) is 2.97. The van der Waals surface area contributed by atoms with Gasteiger partial charge in [0, 0.05) is 29.9 Å². The Morgan fingerprint density at radius 1 is 1.03 bits per heavy atom. The van der Waals surface area contributed by atoms with Gasteiger partial charge in [-0.2, -0.15) is 0 Å². The zero-order chi connectivity index (χ0) is 26.3. The summed E-state index contributed by atoms with van der Waals surface area (Å²) in [5, 5.41) is 12.4. The number of morpholine rings is 1. The summed E-state index contributed by atoms with van der Waals surface area (Å²) in [6.45, 7) is 0.00321. The fourth-order valence-electron chi connectivity index (χ4n) is 5.84. The molecule has 38 heavy (non-hydrogen) atoms. The van der Waals surface area contributed by atoms with E-state index in [1.165, 1.54) is 26.7 Å². The molecule has 1 N–H and O–H groups in total. The van der Waals surface area contributed by atoms with Gasteiger partial charge in [0.25, 0.3) is 11.8 Å². The summed E-state index contributed by atoms with van der Waals surface area (Å²) in [6, 6.07) is 7.86. The number of anilines is 1. The molecular formula is C26H20F2N4O6. The molecule has 0 saturated carbocycles. The number of aromatic nitrogens is 1. The van der Waals surface area contributed by atoms with Gasteiger partial charge in [-0.25, -0.2) is 8.78 Å². The summed E-state index contributed by atoms with van der Waals surface area (Å²) < 4.78 is 42.8. The number of ether oxygens (including phenoxy) is 2. The van der Waals surface area contributed by atoms with Crippen molar-refractivity contribution >= 4 is 17.5 Å². The number of aromatic hydroxyl groups is 1. The summed E-state index contributed by atoms with van der Waals surface area (Å²) in [7, 11) is 0. The third-order valence-electron chi connectivity index (χ3n) is 7.53. The molecule has 0 radical (unpaired) electrons. The highest BCUT2D eigenvalue weighted by molar-refractivity contribution is 6.00. The number of fused-ring (bicyclic) bond motifs is 3. The minimum Gasteiger partial charge on any atom is -0.502 e. The average molecular weight is 522 g/mol. The molecule has 7 rings (SSSR count). The molecule has 2 atom stereocenters. The Kier molecular flexibility index (Phi) is 4.80. The molecule has 1 aromatic heterocycles. The number of amides is 2. The molecule has 3 aromatic rings. The predicted molar refractivity (Wildman–Crippen MR) is 128 cm³/mol. The first-order chi connectivity index (χ1) is 18.4. The molecule has 10 nitrogen and oxygen atoms in total. The van der Waals surface area contributed by atoms with E-state index in [1.54, 1.807) is 23.2 Å². The van der Waals surface area contributed by atoms with Crippen molar-refractivity contribution in [2.45, 2.75) is 18.8 Å². The molecule has 5 heterocycles. The Bertz CT molecular complexity index is 1610. The minimum absolute atomic E-state index is 0.0283. The highest BCUT2D eigenvalue weighted by atomic mass is 19.2. The Hall–Kier alpha value is -4.45. The van der Waals surface area contributed by atoms with Crippen LogP contribution in [0.4, 0.5) is 14.5 Å². The van der Waals surface area contributed by atoms with Crippen molar-refractivity contribution in [3.8, 4) is 11.5 Å². The van der Waals surface area contributed by atoms with Crippen molar-refractivity contribution in [3.63, 3.8) is 0 Å². The molecule has 2 amide bonds. The number of benzene rings is 2. The molecule has 12 heteroatoms. The molecule has 194 valence electrons. The number of rotatable bonds is 1. The summed E-state index contributed by atoms with van der Waals surface area (Å²) in [5.41, 5.74) is 0.273. The molecule has 0 bridgehead atoms. The second-order valence-corrected chi connectivity index (χ2v) is 9.45. The van der Waals surface area contributed by atoms with Crippen molar-refractivity contribution in [1.82, 2.24) is 9.58 Å². The predicted octanol–water partition coefficient (Wildman–Crippen LogP) is 1.61. The Balaban J connectivity index is 1.57. The van der Waals surface area contributed by atoms with Gasteiger partial charge in [0.15, 0.2) is 29.7 Å². The van der Waals surface area contributed by atoms with Gasteiger partial charge in [-0.3, -0.25) is 24.1 Å².